The van der Waals surface area contributed by atoms with Gasteiger partial charge < -0.3 is 13.7 Å². The van der Waals surface area contributed by atoms with Crippen LogP contribution in [0.1, 0.15) is 12.8 Å². The van der Waals surface area contributed by atoms with Crippen LogP contribution >= 0.6 is 0 Å². The molecule has 3 heterocycles. The van der Waals surface area contributed by atoms with E-state index >= 15 is 0 Å². The van der Waals surface area contributed by atoms with Crippen molar-refractivity contribution < 1.29 is 0 Å². The third-order valence-corrected chi connectivity index (χ3v) is 10.9. The van der Waals surface area contributed by atoms with Gasteiger partial charge in [-0.15, -0.1) is 0 Å². The maximum absolute atomic E-state index is 2.48. The summed E-state index contributed by atoms with van der Waals surface area (Å²) in [5.74, 6) is 0. The van der Waals surface area contributed by atoms with Gasteiger partial charge in [0.2, 0.25) is 0 Å². The second-order valence-corrected chi connectivity index (χ2v) is 13.7. The topological polar surface area (TPSA) is 14.8 Å². The highest BCUT2D eigenvalue weighted by molar-refractivity contribution is 6.14. The molecule has 240 valence electrons. The molecular formula is C48H33N3. The standard InChI is InChI=1S/C48H33N3/c1-3-13-34(14-4-1)49-44-21-11-8-18-38(44)41-29-32(23-27-46(41)49)33-24-28-47-42(30-33)39-19-9-12-22-45(39)51(47)36-25-26-40-37-17-7-10-20-43(37)50(48(40)31-36)35-15-5-2-6-16-35/h1-5,7-15,17-31H,6,16H2. The molecule has 0 N–H and O–H groups in total. The number of hydrogen-bond donors (Lipinski definition) is 0. The summed E-state index contributed by atoms with van der Waals surface area (Å²) in [5, 5.41) is 7.64. The monoisotopic (exact) mass is 651 g/mol. The Hall–Kier alpha value is -6.58. The highest BCUT2D eigenvalue weighted by Gasteiger charge is 2.19. The summed E-state index contributed by atoms with van der Waals surface area (Å²) in [6.07, 6.45) is 8.84. The first-order valence-corrected chi connectivity index (χ1v) is 17.8. The Bertz CT molecular complexity index is 3070. The number of benzene rings is 7. The molecule has 3 heteroatoms. The van der Waals surface area contributed by atoms with E-state index in [0.717, 1.165) is 12.8 Å². The quantitative estimate of drug-likeness (QED) is 0.180. The molecule has 0 radical (unpaired) electrons. The van der Waals surface area contributed by atoms with Crippen molar-refractivity contribution in [2.45, 2.75) is 12.8 Å². The molecule has 7 aromatic carbocycles. The van der Waals surface area contributed by atoms with Gasteiger partial charge in [0.25, 0.3) is 0 Å². The first-order chi connectivity index (χ1) is 25.3. The third-order valence-electron chi connectivity index (χ3n) is 10.9. The fourth-order valence-corrected chi connectivity index (χ4v) is 8.62. The van der Waals surface area contributed by atoms with E-state index < -0.39 is 0 Å². The van der Waals surface area contributed by atoms with Crippen LogP contribution in [0, 0.1) is 0 Å². The highest BCUT2D eigenvalue weighted by Crippen LogP contribution is 2.40. The van der Waals surface area contributed by atoms with Gasteiger partial charge in [-0.25, -0.2) is 0 Å². The van der Waals surface area contributed by atoms with Gasteiger partial charge in [0.1, 0.15) is 0 Å². The van der Waals surface area contributed by atoms with Crippen LogP contribution in [0.2, 0.25) is 0 Å². The number of para-hydroxylation sites is 4. The summed E-state index contributed by atoms with van der Waals surface area (Å²) in [7, 11) is 0. The van der Waals surface area contributed by atoms with Gasteiger partial charge in [-0.1, -0.05) is 103 Å². The second-order valence-electron chi connectivity index (χ2n) is 13.7. The first-order valence-electron chi connectivity index (χ1n) is 17.8. The summed E-state index contributed by atoms with van der Waals surface area (Å²) in [6.45, 7) is 0. The van der Waals surface area contributed by atoms with Crippen LogP contribution in [0.15, 0.2) is 176 Å². The summed E-state index contributed by atoms with van der Waals surface area (Å²) in [5.41, 5.74) is 13.5. The molecule has 0 spiro atoms. The molecular weight excluding hydrogens is 619 g/mol. The van der Waals surface area contributed by atoms with E-state index in [0.29, 0.717) is 0 Å². The Morgan fingerprint density at radius 2 is 0.863 bits per heavy atom. The molecule has 1 aliphatic rings. The number of nitrogens with zero attached hydrogens (tertiary/aromatic N) is 3. The van der Waals surface area contributed by atoms with Gasteiger partial charge in [-0.2, -0.15) is 0 Å². The van der Waals surface area contributed by atoms with E-state index in [9.17, 15) is 0 Å². The summed E-state index contributed by atoms with van der Waals surface area (Å²) < 4.78 is 7.30. The Balaban J connectivity index is 1.11. The Morgan fingerprint density at radius 3 is 1.47 bits per heavy atom. The van der Waals surface area contributed by atoms with E-state index in [1.54, 1.807) is 0 Å². The lowest BCUT2D eigenvalue weighted by Crippen LogP contribution is -2.00. The normalized spacial score (nSPS) is 13.4. The number of aromatic nitrogens is 3. The molecule has 0 bridgehead atoms. The predicted octanol–water partition coefficient (Wildman–Crippen LogP) is 12.8. The number of rotatable bonds is 4. The summed E-state index contributed by atoms with van der Waals surface area (Å²) >= 11 is 0. The zero-order valence-corrected chi connectivity index (χ0v) is 28.0. The van der Waals surface area contributed by atoms with Gasteiger partial charge >= 0.3 is 0 Å². The molecule has 0 fully saturated rings. The van der Waals surface area contributed by atoms with Crippen molar-refractivity contribution in [3.8, 4) is 22.5 Å². The maximum atomic E-state index is 2.48. The summed E-state index contributed by atoms with van der Waals surface area (Å²) in [6, 6.07) is 58.0. The molecule has 3 nitrogen and oxygen atoms in total. The third kappa shape index (κ3) is 4.18. The van der Waals surface area contributed by atoms with E-state index in [2.05, 4.69) is 190 Å². The molecule has 0 saturated heterocycles. The van der Waals surface area contributed by atoms with Crippen LogP contribution in [0.25, 0.3) is 93.6 Å². The zero-order valence-electron chi connectivity index (χ0n) is 28.0. The first kappa shape index (κ1) is 28.3. The van der Waals surface area contributed by atoms with Crippen LogP contribution in [0.3, 0.4) is 0 Å². The molecule has 1 aliphatic carbocycles. The van der Waals surface area contributed by atoms with Crippen LogP contribution in [0.4, 0.5) is 0 Å². The van der Waals surface area contributed by atoms with Crippen molar-refractivity contribution in [3.63, 3.8) is 0 Å². The van der Waals surface area contributed by atoms with E-state index in [-0.39, 0.29) is 0 Å². The lowest BCUT2D eigenvalue weighted by Gasteiger charge is -2.15. The smallest absolute Gasteiger partial charge is 0.0558 e. The van der Waals surface area contributed by atoms with Gasteiger partial charge in [-0.3, -0.25) is 0 Å². The fourth-order valence-electron chi connectivity index (χ4n) is 8.62. The van der Waals surface area contributed by atoms with Crippen molar-refractivity contribution in [1.29, 1.82) is 0 Å². The SMILES string of the molecule is C1=CCCC(n2c3ccccc3c3ccc(-n4c5ccccc5c5cc(-c6ccc7c(c6)c6ccccc6n7-c6ccccc6)ccc54)cc32)=C1. The average Bonchev–Trinajstić information content (AvgIpc) is 3.83. The van der Waals surface area contributed by atoms with E-state index in [1.165, 1.54) is 93.6 Å². The average molecular weight is 652 g/mol. The summed E-state index contributed by atoms with van der Waals surface area (Å²) in [4.78, 5) is 0. The van der Waals surface area contributed by atoms with Crippen LogP contribution in [0.5, 0.6) is 0 Å². The van der Waals surface area contributed by atoms with Crippen LogP contribution < -0.4 is 0 Å². The van der Waals surface area contributed by atoms with Gasteiger partial charge in [0, 0.05) is 49.4 Å². The van der Waals surface area contributed by atoms with Crippen molar-refractivity contribution in [2.75, 3.05) is 0 Å². The molecule has 3 aromatic heterocycles. The van der Waals surface area contributed by atoms with E-state index in [4.69, 9.17) is 0 Å². The van der Waals surface area contributed by atoms with Gasteiger partial charge in [0.15, 0.2) is 0 Å². The van der Waals surface area contributed by atoms with Gasteiger partial charge in [0.05, 0.1) is 33.1 Å². The number of hydrogen-bond acceptors (Lipinski definition) is 0. The fraction of sp³-hybridized carbons (Fsp3) is 0.0417. The van der Waals surface area contributed by atoms with Gasteiger partial charge in [-0.05, 0) is 96.8 Å². The molecule has 0 amide bonds. The highest BCUT2D eigenvalue weighted by atomic mass is 15.0. The number of fused-ring (bicyclic) bond motifs is 9. The Kier molecular flexibility index (Phi) is 6.08. The Labute approximate surface area is 295 Å². The predicted molar refractivity (Wildman–Crippen MR) is 216 cm³/mol. The Morgan fingerprint density at radius 1 is 0.353 bits per heavy atom. The lowest BCUT2D eigenvalue weighted by atomic mass is 10.0. The molecule has 51 heavy (non-hydrogen) atoms. The minimum absolute atomic E-state index is 1.03. The van der Waals surface area contributed by atoms with Crippen molar-refractivity contribution in [1.82, 2.24) is 13.7 Å². The minimum Gasteiger partial charge on any atom is -0.313 e. The largest absolute Gasteiger partial charge is 0.313 e. The molecule has 11 rings (SSSR count). The van der Waals surface area contributed by atoms with Crippen molar-refractivity contribution >= 4 is 71.1 Å². The molecule has 0 atom stereocenters. The zero-order chi connectivity index (χ0) is 33.5. The van der Waals surface area contributed by atoms with E-state index in [1.807, 2.05) is 0 Å². The molecule has 0 unspecified atom stereocenters. The molecule has 0 saturated carbocycles. The second kappa shape index (κ2) is 11.0. The number of allylic oxidation sites excluding steroid dienone is 4. The van der Waals surface area contributed by atoms with Crippen LogP contribution in [-0.2, 0) is 0 Å². The molecule has 0 aliphatic heterocycles. The van der Waals surface area contributed by atoms with Crippen molar-refractivity contribution in [2.24, 2.45) is 0 Å². The minimum atomic E-state index is 1.03. The van der Waals surface area contributed by atoms with Crippen molar-refractivity contribution in [3.05, 3.63) is 176 Å². The van der Waals surface area contributed by atoms with Crippen LogP contribution in [-0.4, -0.2) is 13.7 Å². The molecule has 10 aromatic rings. The lowest BCUT2D eigenvalue weighted by molar-refractivity contribution is 0.979. The maximum Gasteiger partial charge on any atom is 0.0558 e.